The van der Waals surface area contributed by atoms with Crippen molar-refractivity contribution in [3.05, 3.63) is 65.4 Å². The topological polar surface area (TPSA) is 98.8 Å². The first-order valence-electron chi connectivity index (χ1n) is 12.4. The fourth-order valence-corrected chi connectivity index (χ4v) is 5.17. The Bertz CT molecular complexity index is 1250. The molecule has 0 aliphatic heterocycles. The Balaban J connectivity index is 1.25. The molecule has 3 N–H and O–H groups in total. The van der Waals surface area contributed by atoms with Crippen LogP contribution in [0.25, 0.3) is 11.5 Å². The second-order valence-corrected chi connectivity index (χ2v) is 9.88. The van der Waals surface area contributed by atoms with E-state index in [4.69, 9.17) is 4.42 Å². The standard InChI is InChI=1S/C27H28F3N3O4/c28-27(29,30)21-11-8-17(9-12-21)16-4-6-19(7-5-16)25-31-24(15-37-25)33(36)32-23-13-10-20(26(34)35)14-22(23)18-2-1-3-18/h4-7,10,13-15,17-18,21,32,36H,1-3,8-9,11-12H2,(H,34,35). The van der Waals surface area contributed by atoms with E-state index in [2.05, 4.69) is 10.4 Å². The van der Waals surface area contributed by atoms with Crippen molar-refractivity contribution < 1.29 is 32.7 Å². The molecule has 1 heterocycles. The average Bonchev–Trinajstić information content (AvgIpc) is 3.34. The van der Waals surface area contributed by atoms with Gasteiger partial charge in [0.1, 0.15) is 6.26 Å². The predicted molar refractivity (Wildman–Crippen MR) is 131 cm³/mol. The largest absolute Gasteiger partial charge is 0.478 e. The van der Waals surface area contributed by atoms with E-state index in [1.165, 1.54) is 12.3 Å². The van der Waals surface area contributed by atoms with E-state index in [9.17, 15) is 28.3 Å². The summed E-state index contributed by atoms with van der Waals surface area (Å²) < 4.78 is 44.4. The Hall–Kier alpha value is -3.53. The maximum absolute atomic E-state index is 12.9. The van der Waals surface area contributed by atoms with Gasteiger partial charge in [-0.25, -0.2) is 4.79 Å². The summed E-state index contributed by atoms with van der Waals surface area (Å²) in [5.41, 5.74) is 6.15. The van der Waals surface area contributed by atoms with Crippen molar-refractivity contribution in [2.24, 2.45) is 5.92 Å². The van der Waals surface area contributed by atoms with E-state index in [0.717, 1.165) is 35.6 Å². The molecule has 2 fully saturated rings. The van der Waals surface area contributed by atoms with Gasteiger partial charge in [0.15, 0.2) is 0 Å². The van der Waals surface area contributed by atoms with E-state index in [1.54, 1.807) is 12.1 Å². The summed E-state index contributed by atoms with van der Waals surface area (Å²) in [7, 11) is 0. The molecule has 0 unspecified atom stereocenters. The van der Waals surface area contributed by atoms with Crippen molar-refractivity contribution in [2.45, 2.75) is 63.0 Å². The third-order valence-electron chi connectivity index (χ3n) is 7.60. The molecule has 5 rings (SSSR count). The molecule has 196 valence electrons. The van der Waals surface area contributed by atoms with Gasteiger partial charge in [-0.1, -0.05) is 18.6 Å². The van der Waals surface area contributed by atoms with Crippen molar-refractivity contribution in [3.63, 3.8) is 0 Å². The van der Waals surface area contributed by atoms with Gasteiger partial charge in [0, 0.05) is 5.56 Å². The molecule has 0 amide bonds. The highest BCUT2D eigenvalue weighted by Crippen LogP contribution is 2.43. The SMILES string of the molecule is O=C(O)c1ccc(NN(O)c2coc(-c3ccc(C4CCC(C(F)(F)F)CC4)cc3)n2)c(C2CCC2)c1. The highest BCUT2D eigenvalue weighted by molar-refractivity contribution is 5.88. The van der Waals surface area contributed by atoms with Crippen LogP contribution in [0.3, 0.4) is 0 Å². The molecule has 0 radical (unpaired) electrons. The number of carboxylic acids is 1. The monoisotopic (exact) mass is 515 g/mol. The minimum Gasteiger partial charge on any atom is -0.478 e. The molecule has 1 aromatic heterocycles. The van der Waals surface area contributed by atoms with E-state index in [0.29, 0.717) is 24.1 Å². The molecule has 2 aliphatic rings. The van der Waals surface area contributed by atoms with Gasteiger partial charge in [-0.3, -0.25) is 10.6 Å². The fourth-order valence-electron chi connectivity index (χ4n) is 5.17. The van der Waals surface area contributed by atoms with Gasteiger partial charge in [0.25, 0.3) is 0 Å². The molecule has 0 saturated heterocycles. The zero-order valence-corrected chi connectivity index (χ0v) is 20.0. The highest BCUT2D eigenvalue weighted by atomic mass is 19.4. The number of benzene rings is 2. The molecule has 37 heavy (non-hydrogen) atoms. The smallest absolute Gasteiger partial charge is 0.391 e. The number of carbonyl (C=O) groups is 1. The van der Waals surface area contributed by atoms with Crippen LogP contribution in [0.4, 0.5) is 24.7 Å². The van der Waals surface area contributed by atoms with Crippen LogP contribution in [0.2, 0.25) is 0 Å². The van der Waals surface area contributed by atoms with Crippen LogP contribution in [-0.4, -0.2) is 27.4 Å². The number of oxazole rings is 1. The van der Waals surface area contributed by atoms with E-state index >= 15 is 0 Å². The second kappa shape index (κ2) is 10.1. The highest BCUT2D eigenvalue weighted by Gasteiger charge is 2.41. The van der Waals surface area contributed by atoms with Gasteiger partial charge in [0.2, 0.25) is 11.7 Å². The zero-order valence-electron chi connectivity index (χ0n) is 20.0. The lowest BCUT2D eigenvalue weighted by atomic mass is 9.78. The molecular formula is C27H28F3N3O4. The molecule has 0 atom stereocenters. The van der Waals surface area contributed by atoms with E-state index in [-0.39, 0.29) is 41.9 Å². The number of nitrogens with one attached hydrogen (secondary N) is 1. The van der Waals surface area contributed by atoms with Crippen LogP contribution in [0.1, 0.15) is 78.3 Å². The number of hydrogen-bond acceptors (Lipinski definition) is 6. The number of anilines is 2. The normalized spacial score (nSPS) is 20.3. The summed E-state index contributed by atoms with van der Waals surface area (Å²) in [6.07, 6.45) is 1.48. The van der Waals surface area contributed by atoms with Gasteiger partial charge in [-0.2, -0.15) is 18.2 Å². The summed E-state index contributed by atoms with van der Waals surface area (Å²) in [6, 6.07) is 12.1. The van der Waals surface area contributed by atoms with Crippen molar-refractivity contribution in [1.29, 1.82) is 0 Å². The lowest BCUT2D eigenvalue weighted by Crippen LogP contribution is -2.27. The van der Waals surface area contributed by atoms with Gasteiger partial charge in [-0.15, -0.1) is 5.17 Å². The number of hydrogen-bond donors (Lipinski definition) is 3. The molecule has 2 aromatic carbocycles. The zero-order chi connectivity index (χ0) is 26.2. The Morgan fingerprint density at radius 3 is 2.30 bits per heavy atom. The molecule has 2 aliphatic carbocycles. The summed E-state index contributed by atoms with van der Waals surface area (Å²) in [5, 5.41) is 20.7. The van der Waals surface area contributed by atoms with Crippen LogP contribution in [0, 0.1) is 5.92 Å². The quantitative estimate of drug-likeness (QED) is 0.283. The summed E-state index contributed by atoms with van der Waals surface area (Å²) >= 11 is 0. The van der Waals surface area contributed by atoms with Crippen molar-refractivity contribution >= 4 is 17.5 Å². The maximum atomic E-state index is 12.9. The lowest BCUT2D eigenvalue weighted by Gasteiger charge is -2.30. The minimum absolute atomic E-state index is 0.0993. The first-order valence-corrected chi connectivity index (χ1v) is 12.4. The van der Waals surface area contributed by atoms with Crippen LogP contribution in [0.5, 0.6) is 0 Å². The summed E-state index contributed by atoms with van der Waals surface area (Å²) in [4.78, 5) is 15.7. The van der Waals surface area contributed by atoms with Crippen LogP contribution >= 0.6 is 0 Å². The van der Waals surface area contributed by atoms with Crippen LogP contribution in [0.15, 0.2) is 53.1 Å². The molecule has 7 nitrogen and oxygen atoms in total. The Morgan fingerprint density at radius 1 is 1.00 bits per heavy atom. The van der Waals surface area contributed by atoms with Crippen molar-refractivity contribution in [2.75, 3.05) is 10.6 Å². The third kappa shape index (κ3) is 5.44. The Morgan fingerprint density at radius 2 is 1.70 bits per heavy atom. The number of halogens is 3. The third-order valence-corrected chi connectivity index (χ3v) is 7.60. The molecule has 0 spiro atoms. The molecule has 3 aromatic rings. The van der Waals surface area contributed by atoms with Crippen LogP contribution in [-0.2, 0) is 0 Å². The van der Waals surface area contributed by atoms with Gasteiger partial charge >= 0.3 is 12.1 Å². The Kier molecular flexibility index (Phi) is 6.85. The first kappa shape index (κ1) is 25.1. The second-order valence-electron chi connectivity index (χ2n) is 9.88. The average molecular weight is 516 g/mol. The maximum Gasteiger partial charge on any atom is 0.391 e. The minimum atomic E-state index is -4.12. The number of hydrazine groups is 1. The van der Waals surface area contributed by atoms with Crippen molar-refractivity contribution in [1.82, 2.24) is 4.98 Å². The van der Waals surface area contributed by atoms with E-state index < -0.39 is 18.1 Å². The van der Waals surface area contributed by atoms with Gasteiger partial charge in [0.05, 0.1) is 17.2 Å². The number of rotatable bonds is 7. The predicted octanol–water partition coefficient (Wildman–Crippen LogP) is 7.37. The number of aromatic carboxylic acids is 1. The molecule has 10 heteroatoms. The molecule has 2 saturated carbocycles. The first-order chi connectivity index (χ1) is 17.7. The van der Waals surface area contributed by atoms with Crippen LogP contribution < -0.4 is 10.6 Å². The molecule has 0 bridgehead atoms. The number of carboxylic acid groups (broad SMARTS) is 1. The van der Waals surface area contributed by atoms with Crippen molar-refractivity contribution in [3.8, 4) is 11.5 Å². The number of aromatic nitrogens is 1. The van der Waals surface area contributed by atoms with E-state index in [1.807, 2.05) is 24.3 Å². The Labute approximate surface area is 211 Å². The van der Waals surface area contributed by atoms with Gasteiger partial charge < -0.3 is 9.52 Å². The summed E-state index contributed by atoms with van der Waals surface area (Å²) in [5.74, 6) is -1.49. The number of nitrogens with zero attached hydrogens (tertiary/aromatic N) is 2. The molecular weight excluding hydrogens is 487 g/mol. The summed E-state index contributed by atoms with van der Waals surface area (Å²) in [6.45, 7) is 0. The van der Waals surface area contributed by atoms with Gasteiger partial charge in [-0.05, 0) is 91.8 Å². The fraction of sp³-hybridized carbons (Fsp3) is 0.407. The lowest BCUT2D eigenvalue weighted by molar-refractivity contribution is -0.182. The number of alkyl halides is 3.